The topological polar surface area (TPSA) is 35.6 Å². The third kappa shape index (κ3) is 4.23. The summed E-state index contributed by atoms with van der Waals surface area (Å²) in [7, 11) is 3.64. The Bertz CT molecular complexity index is 330. The molecule has 0 unspecified atom stereocenters. The van der Waals surface area contributed by atoms with E-state index in [1.165, 1.54) is 25.7 Å². The molecule has 0 aromatic rings. The van der Waals surface area contributed by atoms with Crippen LogP contribution < -0.4 is 5.32 Å². The van der Waals surface area contributed by atoms with Crippen molar-refractivity contribution in [2.45, 2.75) is 44.6 Å². The van der Waals surface area contributed by atoms with Gasteiger partial charge < -0.3 is 15.1 Å². The number of piperidine rings is 1. The molecule has 1 saturated heterocycles. The molecule has 2 rings (SSSR count). The van der Waals surface area contributed by atoms with E-state index < -0.39 is 0 Å². The molecule has 1 aliphatic carbocycles. The highest BCUT2D eigenvalue weighted by Gasteiger charge is 2.23. The molecule has 108 valence electrons. The Morgan fingerprint density at radius 3 is 2.74 bits per heavy atom. The molecule has 1 heterocycles. The summed E-state index contributed by atoms with van der Waals surface area (Å²) in [4.78, 5) is 15.4. The number of rotatable bonds is 4. The molecule has 0 saturated carbocycles. The Kier molecular flexibility index (Phi) is 5.25. The molecular weight excluding hydrogens is 238 g/mol. The summed E-state index contributed by atoms with van der Waals surface area (Å²) in [6.07, 6.45) is 9.70. The number of carbonyl (C=O) groups is 1. The summed E-state index contributed by atoms with van der Waals surface area (Å²) in [5.41, 5.74) is 1.63. The van der Waals surface area contributed by atoms with E-state index in [-0.39, 0.29) is 6.03 Å². The first-order chi connectivity index (χ1) is 9.16. The number of carbonyl (C=O) groups excluding carboxylic acids is 1. The number of nitrogens with zero attached hydrogens (tertiary/aromatic N) is 2. The predicted octanol–water partition coefficient (Wildman–Crippen LogP) is 2.22. The predicted molar refractivity (Wildman–Crippen MR) is 78.2 cm³/mol. The lowest BCUT2D eigenvalue weighted by Crippen LogP contribution is -2.48. The van der Waals surface area contributed by atoms with Crippen LogP contribution in [0.3, 0.4) is 0 Å². The summed E-state index contributed by atoms with van der Waals surface area (Å²) in [6, 6.07) is 0.739. The van der Waals surface area contributed by atoms with Crippen molar-refractivity contribution in [3.63, 3.8) is 0 Å². The molecule has 4 heteroatoms. The van der Waals surface area contributed by atoms with E-state index in [2.05, 4.69) is 11.4 Å². The molecule has 19 heavy (non-hydrogen) atoms. The van der Waals surface area contributed by atoms with Crippen LogP contribution in [0.2, 0.25) is 0 Å². The van der Waals surface area contributed by atoms with Gasteiger partial charge in [0.1, 0.15) is 0 Å². The van der Waals surface area contributed by atoms with Gasteiger partial charge in [0.05, 0.1) is 0 Å². The van der Waals surface area contributed by atoms with Crippen LogP contribution in [0, 0.1) is 0 Å². The van der Waals surface area contributed by atoms with Crippen molar-refractivity contribution in [1.82, 2.24) is 15.1 Å². The lowest BCUT2D eigenvalue weighted by molar-refractivity contribution is 0.152. The van der Waals surface area contributed by atoms with Gasteiger partial charge in [-0.05, 0) is 45.1 Å². The lowest BCUT2D eigenvalue weighted by Gasteiger charge is -2.34. The fourth-order valence-corrected chi connectivity index (χ4v) is 2.96. The van der Waals surface area contributed by atoms with Crippen molar-refractivity contribution in [3.8, 4) is 0 Å². The molecule has 1 fully saturated rings. The maximum atomic E-state index is 11.8. The zero-order valence-electron chi connectivity index (χ0n) is 12.3. The number of likely N-dealkylation sites (tertiary alicyclic amines) is 1. The summed E-state index contributed by atoms with van der Waals surface area (Å²) in [6.45, 7) is 2.87. The van der Waals surface area contributed by atoms with Crippen LogP contribution in [0.25, 0.3) is 0 Å². The molecule has 1 N–H and O–H groups in total. The number of nitrogens with one attached hydrogen (secondary N) is 1. The number of hydrogen-bond acceptors (Lipinski definition) is 2. The maximum absolute atomic E-state index is 11.8. The Labute approximate surface area is 116 Å². The Hall–Kier alpha value is -1.03. The third-order valence-corrected chi connectivity index (χ3v) is 4.16. The average Bonchev–Trinajstić information content (AvgIpc) is 2.92. The highest BCUT2D eigenvalue weighted by atomic mass is 16.2. The fourth-order valence-electron chi connectivity index (χ4n) is 2.96. The number of amides is 2. The second-order valence-electron chi connectivity index (χ2n) is 5.90. The molecule has 4 nitrogen and oxygen atoms in total. The minimum Gasteiger partial charge on any atom is -0.331 e. The fraction of sp³-hybridized carbons (Fsp3) is 0.800. The number of urea groups is 1. The highest BCUT2D eigenvalue weighted by molar-refractivity contribution is 5.73. The minimum atomic E-state index is 0.148. The smallest absolute Gasteiger partial charge is 0.319 e. The monoisotopic (exact) mass is 265 g/mol. The zero-order valence-corrected chi connectivity index (χ0v) is 12.3. The lowest BCUT2D eigenvalue weighted by atomic mass is 10.0. The minimum absolute atomic E-state index is 0.148. The van der Waals surface area contributed by atoms with Gasteiger partial charge in [0.2, 0.25) is 0 Å². The molecule has 0 bridgehead atoms. The molecular formula is C15H27N3O. The van der Waals surface area contributed by atoms with Gasteiger partial charge in [0, 0.05) is 33.2 Å². The molecule has 2 amide bonds. The first-order valence-electron chi connectivity index (χ1n) is 7.54. The van der Waals surface area contributed by atoms with Crippen LogP contribution in [-0.4, -0.2) is 55.6 Å². The molecule has 1 aliphatic heterocycles. The normalized spacial score (nSPS) is 20.5. The van der Waals surface area contributed by atoms with Crippen molar-refractivity contribution in [1.29, 1.82) is 0 Å². The molecule has 0 spiro atoms. The van der Waals surface area contributed by atoms with E-state index in [9.17, 15) is 4.79 Å². The summed E-state index contributed by atoms with van der Waals surface area (Å²) in [5, 5.41) is 3.64. The molecule has 0 radical (unpaired) electrons. The van der Waals surface area contributed by atoms with Gasteiger partial charge in [-0.15, -0.1) is 0 Å². The van der Waals surface area contributed by atoms with Crippen molar-refractivity contribution in [3.05, 3.63) is 11.6 Å². The maximum Gasteiger partial charge on any atom is 0.319 e. The summed E-state index contributed by atoms with van der Waals surface area (Å²) < 4.78 is 0. The first-order valence-corrected chi connectivity index (χ1v) is 7.54. The van der Waals surface area contributed by atoms with E-state index in [4.69, 9.17) is 0 Å². The molecule has 0 aromatic heterocycles. The van der Waals surface area contributed by atoms with Crippen LogP contribution in [-0.2, 0) is 0 Å². The van der Waals surface area contributed by atoms with Crippen molar-refractivity contribution < 1.29 is 4.79 Å². The van der Waals surface area contributed by atoms with Gasteiger partial charge >= 0.3 is 6.03 Å². The number of allylic oxidation sites excluding steroid dienone is 1. The molecule has 0 aromatic carbocycles. The Balaban J connectivity index is 1.62. The van der Waals surface area contributed by atoms with E-state index in [0.29, 0.717) is 6.04 Å². The largest absolute Gasteiger partial charge is 0.331 e. The third-order valence-electron chi connectivity index (χ3n) is 4.16. The SMILES string of the molecule is CN(C)C(=O)N1CCC(NCCC2=CCCC2)CC1. The van der Waals surface area contributed by atoms with Crippen LogP contribution in [0.15, 0.2) is 11.6 Å². The molecule has 2 aliphatic rings. The highest BCUT2D eigenvalue weighted by Crippen LogP contribution is 2.20. The second-order valence-corrected chi connectivity index (χ2v) is 5.90. The van der Waals surface area contributed by atoms with Gasteiger partial charge in [-0.2, -0.15) is 0 Å². The van der Waals surface area contributed by atoms with Crippen LogP contribution in [0.5, 0.6) is 0 Å². The zero-order chi connectivity index (χ0) is 13.7. The van der Waals surface area contributed by atoms with E-state index in [0.717, 1.165) is 32.5 Å². The van der Waals surface area contributed by atoms with Crippen LogP contribution >= 0.6 is 0 Å². The average molecular weight is 265 g/mol. The summed E-state index contributed by atoms with van der Waals surface area (Å²) in [5.74, 6) is 0. The Morgan fingerprint density at radius 1 is 1.42 bits per heavy atom. The Morgan fingerprint density at radius 2 is 2.16 bits per heavy atom. The van der Waals surface area contributed by atoms with Crippen molar-refractivity contribution in [2.24, 2.45) is 0 Å². The van der Waals surface area contributed by atoms with Gasteiger partial charge in [-0.1, -0.05) is 11.6 Å². The van der Waals surface area contributed by atoms with E-state index >= 15 is 0 Å². The van der Waals surface area contributed by atoms with E-state index in [1.807, 2.05) is 19.0 Å². The van der Waals surface area contributed by atoms with Gasteiger partial charge in [-0.25, -0.2) is 4.79 Å². The van der Waals surface area contributed by atoms with Gasteiger partial charge in [-0.3, -0.25) is 0 Å². The second kappa shape index (κ2) is 6.94. The quantitative estimate of drug-likeness (QED) is 0.791. The standard InChI is InChI=1S/C15H27N3O/c1-17(2)15(19)18-11-8-14(9-12-18)16-10-7-13-5-3-4-6-13/h5,14,16H,3-4,6-12H2,1-2H3. The van der Waals surface area contributed by atoms with Crippen LogP contribution in [0.1, 0.15) is 38.5 Å². The first kappa shape index (κ1) is 14.4. The van der Waals surface area contributed by atoms with Gasteiger partial charge in [0.25, 0.3) is 0 Å². The number of hydrogen-bond donors (Lipinski definition) is 1. The van der Waals surface area contributed by atoms with Crippen molar-refractivity contribution in [2.75, 3.05) is 33.7 Å². The van der Waals surface area contributed by atoms with E-state index in [1.54, 1.807) is 10.5 Å². The summed E-state index contributed by atoms with van der Waals surface area (Å²) >= 11 is 0. The van der Waals surface area contributed by atoms with Crippen molar-refractivity contribution >= 4 is 6.03 Å². The molecule has 0 atom stereocenters. The van der Waals surface area contributed by atoms with Gasteiger partial charge in [0.15, 0.2) is 0 Å². The van der Waals surface area contributed by atoms with Crippen LogP contribution in [0.4, 0.5) is 4.79 Å².